The van der Waals surface area contributed by atoms with Gasteiger partial charge in [-0.15, -0.1) is 0 Å². The summed E-state index contributed by atoms with van der Waals surface area (Å²) in [5.74, 6) is 0.0187. The van der Waals surface area contributed by atoms with Crippen molar-refractivity contribution in [2.45, 2.75) is 24.4 Å². The highest BCUT2D eigenvalue weighted by Crippen LogP contribution is 2.44. The van der Waals surface area contributed by atoms with Crippen molar-refractivity contribution in [2.24, 2.45) is 0 Å². The van der Waals surface area contributed by atoms with E-state index in [1.165, 1.54) is 18.2 Å². The number of benzene rings is 3. The summed E-state index contributed by atoms with van der Waals surface area (Å²) in [5.41, 5.74) is 0.207. The smallest absolute Gasteiger partial charge is 0.263 e. The summed E-state index contributed by atoms with van der Waals surface area (Å²) in [6.07, 6.45) is -0.354. The van der Waals surface area contributed by atoms with Gasteiger partial charge in [-0.3, -0.25) is 19.4 Å². The first-order valence-electron chi connectivity index (χ1n) is 13.0. The molecule has 2 heterocycles. The molecule has 3 aromatic carbocycles. The molecular weight excluding hydrogens is 502 g/mol. The lowest BCUT2D eigenvalue weighted by Crippen LogP contribution is -2.61. The second kappa shape index (κ2) is 10.4. The molecule has 1 aliphatic carbocycles. The molecule has 1 atom stereocenters. The number of ketones is 2. The van der Waals surface area contributed by atoms with Crippen LogP contribution in [0.15, 0.2) is 90.9 Å². The molecule has 6 rings (SSSR count). The van der Waals surface area contributed by atoms with E-state index in [1.807, 2.05) is 23.1 Å². The molecule has 8 heteroatoms. The first-order chi connectivity index (χ1) is 19.0. The highest BCUT2D eigenvalue weighted by Gasteiger charge is 2.58. The largest absolute Gasteiger partial charge is 0.462 e. The zero-order valence-corrected chi connectivity index (χ0v) is 21.3. The minimum atomic E-state index is -2.71. The Balaban J connectivity index is 1.33. The van der Waals surface area contributed by atoms with Crippen LogP contribution in [-0.4, -0.2) is 60.4 Å². The van der Waals surface area contributed by atoms with Crippen molar-refractivity contribution in [1.29, 1.82) is 0 Å². The monoisotopic (exact) mass is 530 g/mol. The van der Waals surface area contributed by atoms with E-state index in [2.05, 4.69) is 17.0 Å². The van der Waals surface area contributed by atoms with Crippen molar-refractivity contribution in [3.8, 4) is 0 Å². The summed E-state index contributed by atoms with van der Waals surface area (Å²) in [6, 6.07) is 22.5. The van der Waals surface area contributed by atoms with Gasteiger partial charge in [-0.25, -0.2) is 8.78 Å². The van der Waals surface area contributed by atoms with Crippen LogP contribution < -0.4 is 0 Å². The Kier molecular flexibility index (Phi) is 6.74. The van der Waals surface area contributed by atoms with Crippen molar-refractivity contribution in [3.63, 3.8) is 0 Å². The molecule has 0 aromatic heterocycles. The molecule has 0 N–H and O–H groups in total. The summed E-state index contributed by atoms with van der Waals surface area (Å²) in [7, 11) is 0. The third-order valence-electron chi connectivity index (χ3n) is 7.95. The molecule has 1 fully saturated rings. The molecule has 1 saturated heterocycles. The Bertz CT molecular complexity index is 1380. The Labute approximate surface area is 225 Å². The van der Waals surface area contributed by atoms with Crippen molar-refractivity contribution in [3.05, 3.63) is 119 Å². The van der Waals surface area contributed by atoms with E-state index in [9.17, 15) is 18.4 Å². The van der Waals surface area contributed by atoms with Crippen LogP contribution >= 0.6 is 0 Å². The summed E-state index contributed by atoms with van der Waals surface area (Å²) < 4.78 is 38.6. The van der Waals surface area contributed by atoms with E-state index in [1.54, 1.807) is 36.6 Å². The predicted octanol–water partition coefficient (Wildman–Crippen LogP) is 4.97. The number of piperazine rings is 1. The van der Waals surface area contributed by atoms with Gasteiger partial charge in [0.25, 0.3) is 6.43 Å². The molecule has 6 nitrogen and oxygen atoms in total. The summed E-state index contributed by atoms with van der Waals surface area (Å²) in [5, 5.41) is 0. The third kappa shape index (κ3) is 4.33. The number of nitrogens with zero attached hydrogens (tertiary/aromatic N) is 2. The first-order valence-corrected chi connectivity index (χ1v) is 13.0. The molecule has 200 valence electrons. The van der Waals surface area contributed by atoms with Gasteiger partial charge in [0.15, 0.2) is 22.9 Å². The maximum atomic E-state index is 14.1. The van der Waals surface area contributed by atoms with Crippen molar-refractivity contribution < 1.29 is 27.8 Å². The van der Waals surface area contributed by atoms with Gasteiger partial charge in [-0.2, -0.15) is 0 Å². The topological polar surface area (TPSA) is 59.1 Å². The summed E-state index contributed by atoms with van der Waals surface area (Å²) in [6.45, 7) is 2.05. The van der Waals surface area contributed by atoms with Gasteiger partial charge < -0.3 is 9.47 Å². The van der Waals surface area contributed by atoms with E-state index >= 15 is 0 Å². The van der Waals surface area contributed by atoms with Gasteiger partial charge in [0.05, 0.1) is 6.04 Å². The Morgan fingerprint density at radius 2 is 1.49 bits per heavy atom. The second-order valence-electron chi connectivity index (χ2n) is 10.0. The highest BCUT2D eigenvalue weighted by atomic mass is 19.3. The summed E-state index contributed by atoms with van der Waals surface area (Å²) >= 11 is 0. The minimum absolute atomic E-state index is 0.0812. The van der Waals surface area contributed by atoms with Crippen LogP contribution in [0.2, 0.25) is 0 Å². The molecule has 0 amide bonds. The maximum absolute atomic E-state index is 14.1. The molecule has 0 spiro atoms. The molecule has 3 aliphatic rings. The number of rotatable bonds is 7. The fraction of sp³-hybridized carbons (Fsp3) is 0.290. The third-order valence-corrected chi connectivity index (χ3v) is 7.95. The zero-order valence-electron chi connectivity index (χ0n) is 21.3. The SMILES string of the molecule is O=C1c2ccccc2C(=O)C1(c1cccc(C(F)F)c1)N1CCN(C(Cc2ccccc2)C2=COCO2)CC1. The lowest BCUT2D eigenvalue weighted by Gasteiger charge is -2.45. The highest BCUT2D eigenvalue weighted by molar-refractivity contribution is 6.32. The van der Waals surface area contributed by atoms with E-state index in [0.29, 0.717) is 43.7 Å². The van der Waals surface area contributed by atoms with Gasteiger partial charge >= 0.3 is 0 Å². The fourth-order valence-corrected chi connectivity index (χ4v) is 6.05. The molecular formula is C31H28F2N2O4. The van der Waals surface area contributed by atoms with Crippen molar-refractivity contribution >= 4 is 11.6 Å². The molecule has 2 aliphatic heterocycles. The van der Waals surface area contributed by atoms with Gasteiger partial charge in [0.1, 0.15) is 6.26 Å². The Morgan fingerprint density at radius 1 is 0.821 bits per heavy atom. The van der Waals surface area contributed by atoms with Crippen LogP contribution in [0.4, 0.5) is 8.78 Å². The minimum Gasteiger partial charge on any atom is -0.462 e. The average Bonchev–Trinajstić information content (AvgIpc) is 3.59. The van der Waals surface area contributed by atoms with Crippen LogP contribution in [0.5, 0.6) is 0 Å². The quantitative estimate of drug-likeness (QED) is 0.402. The van der Waals surface area contributed by atoms with E-state index in [-0.39, 0.29) is 35.5 Å². The molecule has 3 aromatic rings. The molecule has 0 saturated carbocycles. The number of carbonyl (C=O) groups excluding carboxylic acids is 2. The van der Waals surface area contributed by atoms with Crippen LogP contribution in [0.3, 0.4) is 0 Å². The normalized spacial score (nSPS) is 19.9. The summed E-state index contributed by atoms with van der Waals surface area (Å²) in [4.78, 5) is 32.3. The van der Waals surface area contributed by atoms with Crippen LogP contribution in [0, 0.1) is 0 Å². The van der Waals surface area contributed by atoms with Crippen LogP contribution in [-0.2, 0) is 21.4 Å². The number of ether oxygens (including phenoxy) is 2. The first kappa shape index (κ1) is 25.4. The Morgan fingerprint density at radius 3 is 2.10 bits per heavy atom. The van der Waals surface area contributed by atoms with E-state index in [4.69, 9.17) is 9.47 Å². The Hall–Kier alpha value is -3.88. The maximum Gasteiger partial charge on any atom is 0.263 e. The van der Waals surface area contributed by atoms with E-state index in [0.717, 1.165) is 11.3 Å². The molecule has 1 unspecified atom stereocenters. The van der Waals surface area contributed by atoms with Crippen molar-refractivity contribution in [2.75, 3.05) is 33.0 Å². The lowest BCUT2D eigenvalue weighted by molar-refractivity contribution is 0.0136. The van der Waals surface area contributed by atoms with Crippen molar-refractivity contribution in [1.82, 2.24) is 9.80 Å². The number of hydrogen-bond donors (Lipinski definition) is 0. The van der Waals surface area contributed by atoms with E-state index < -0.39 is 12.0 Å². The number of alkyl halides is 2. The van der Waals surface area contributed by atoms with Gasteiger partial charge in [-0.1, -0.05) is 72.8 Å². The lowest BCUT2D eigenvalue weighted by atomic mass is 9.81. The van der Waals surface area contributed by atoms with Crippen LogP contribution in [0.1, 0.15) is 43.8 Å². The number of halogens is 2. The number of hydrogen-bond acceptors (Lipinski definition) is 6. The number of fused-ring (bicyclic) bond motifs is 1. The number of carbonyl (C=O) groups is 2. The molecule has 0 radical (unpaired) electrons. The fourth-order valence-electron chi connectivity index (χ4n) is 6.05. The van der Waals surface area contributed by atoms with Crippen LogP contribution in [0.25, 0.3) is 0 Å². The van der Waals surface area contributed by atoms with Gasteiger partial charge in [0, 0.05) is 42.9 Å². The average molecular weight is 531 g/mol. The molecule has 39 heavy (non-hydrogen) atoms. The molecule has 0 bridgehead atoms. The number of Topliss-reactive ketones (excluding diaryl/α,β-unsaturated/α-hetero) is 2. The standard InChI is InChI=1S/C31H28F2N2O4/c32-30(33)22-9-6-10-23(18-22)31(28(36)24-11-4-5-12-25(24)29(31)37)35-15-13-34(14-16-35)26(27-19-38-20-39-27)17-21-7-2-1-3-8-21/h1-12,18-19,26,30H,13-17,20H2. The zero-order chi connectivity index (χ0) is 27.0. The second-order valence-corrected chi connectivity index (χ2v) is 10.0. The predicted molar refractivity (Wildman–Crippen MR) is 140 cm³/mol. The van der Waals surface area contributed by atoms with Gasteiger partial charge in [-0.05, 0) is 23.6 Å². The van der Waals surface area contributed by atoms with Gasteiger partial charge in [0.2, 0.25) is 6.79 Å².